The summed E-state index contributed by atoms with van der Waals surface area (Å²) in [6.45, 7) is 1.83. The Kier molecular flexibility index (Phi) is 4.01. The fourth-order valence-electron chi connectivity index (χ4n) is 1.04. The van der Waals surface area contributed by atoms with Crippen LogP contribution in [-0.2, 0) is 21.4 Å². The van der Waals surface area contributed by atoms with Gasteiger partial charge >= 0.3 is 5.97 Å². The van der Waals surface area contributed by atoms with Gasteiger partial charge in [-0.3, -0.25) is 9.48 Å². The lowest BCUT2D eigenvalue weighted by Crippen LogP contribution is -2.43. The zero-order valence-corrected chi connectivity index (χ0v) is 9.14. The van der Waals surface area contributed by atoms with Crippen molar-refractivity contribution in [2.75, 3.05) is 11.9 Å². The maximum Gasteiger partial charge on any atom is 0.332 e. The van der Waals surface area contributed by atoms with E-state index in [-0.39, 0.29) is 6.61 Å². The van der Waals surface area contributed by atoms with Gasteiger partial charge in [-0.1, -0.05) is 0 Å². The van der Waals surface area contributed by atoms with Crippen LogP contribution in [0.25, 0.3) is 0 Å². The van der Waals surface area contributed by atoms with Crippen molar-refractivity contribution >= 4 is 17.7 Å². The lowest BCUT2D eigenvalue weighted by molar-refractivity contribution is -0.146. The van der Waals surface area contributed by atoms with Crippen molar-refractivity contribution < 1.29 is 14.3 Å². The topological polar surface area (TPSA) is 99.2 Å². The minimum Gasteiger partial charge on any atom is -0.464 e. The van der Waals surface area contributed by atoms with E-state index < -0.39 is 17.9 Å². The predicted octanol–water partition coefficient (Wildman–Crippen LogP) is -0.751. The Labute approximate surface area is 92.6 Å². The van der Waals surface area contributed by atoms with Gasteiger partial charge < -0.3 is 15.8 Å². The van der Waals surface area contributed by atoms with E-state index >= 15 is 0 Å². The number of amides is 1. The highest BCUT2D eigenvalue weighted by molar-refractivity contribution is 6.07. The molecule has 0 aliphatic rings. The van der Waals surface area contributed by atoms with Gasteiger partial charge in [0.05, 0.1) is 12.8 Å². The van der Waals surface area contributed by atoms with Crippen molar-refractivity contribution in [2.24, 2.45) is 12.8 Å². The second kappa shape index (κ2) is 5.26. The van der Waals surface area contributed by atoms with Gasteiger partial charge in [0.2, 0.25) is 0 Å². The fraction of sp³-hybridized carbons (Fsp3) is 0.444. The molecule has 0 saturated heterocycles. The summed E-state index contributed by atoms with van der Waals surface area (Å²) in [5.74, 6) is -0.908. The Hall–Kier alpha value is -1.89. The average Bonchev–Trinajstić information content (AvgIpc) is 2.63. The number of hydrogen-bond acceptors (Lipinski definition) is 5. The van der Waals surface area contributed by atoms with Gasteiger partial charge in [0, 0.05) is 13.1 Å². The highest BCUT2D eigenvalue weighted by Crippen LogP contribution is 2.03. The Morgan fingerprint density at radius 1 is 1.69 bits per heavy atom. The summed E-state index contributed by atoms with van der Waals surface area (Å²) in [6, 6.07) is 0.269. The molecule has 1 amide bonds. The molecule has 1 unspecified atom stereocenters. The summed E-state index contributed by atoms with van der Waals surface area (Å²) in [5.41, 5.74) is 5.40. The van der Waals surface area contributed by atoms with Crippen molar-refractivity contribution in [2.45, 2.75) is 13.0 Å². The molecule has 3 N–H and O–H groups in total. The van der Waals surface area contributed by atoms with Crippen LogP contribution >= 0.6 is 0 Å². The maximum absolute atomic E-state index is 11.5. The van der Waals surface area contributed by atoms with Gasteiger partial charge in [0.25, 0.3) is 5.91 Å². The Morgan fingerprint density at radius 3 is 2.88 bits per heavy atom. The number of aryl methyl sites for hydroxylation is 1. The summed E-state index contributed by atoms with van der Waals surface area (Å²) in [4.78, 5) is 22.7. The third kappa shape index (κ3) is 2.80. The molecule has 0 spiro atoms. The van der Waals surface area contributed by atoms with E-state index in [1.807, 2.05) is 0 Å². The minimum absolute atomic E-state index is 0.186. The highest BCUT2D eigenvalue weighted by atomic mass is 16.5. The van der Waals surface area contributed by atoms with E-state index in [9.17, 15) is 9.59 Å². The van der Waals surface area contributed by atoms with Crippen LogP contribution in [0.3, 0.4) is 0 Å². The summed E-state index contributed by atoms with van der Waals surface area (Å²) >= 11 is 0. The summed E-state index contributed by atoms with van der Waals surface area (Å²) in [7, 11) is 1.66. The molecule has 0 saturated carbocycles. The number of hydrogen-bond donors (Lipinski definition) is 2. The van der Waals surface area contributed by atoms with Gasteiger partial charge in [0.1, 0.15) is 5.82 Å². The fourth-order valence-corrected chi connectivity index (χ4v) is 1.04. The molecule has 0 aliphatic carbocycles. The van der Waals surface area contributed by atoms with Crippen LogP contribution in [0.1, 0.15) is 6.92 Å². The first-order chi connectivity index (χ1) is 7.56. The van der Waals surface area contributed by atoms with Gasteiger partial charge in [-0.05, 0) is 6.92 Å². The first-order valence-corrected chi connectivity index (χ1v) is 4.77. The number of ether oxygens (including phenoxy) is 1. The maximum atomic E-state index is 11.5. The van der Waals surface area contributed by atoms with Gasteiger partial charge in [0.15, 0.2) is 6.04 Å². The number of nitrogens with one attached hydrogen (secondary N) is 1. The van der Waals surface area contributed by atoms with Crippen LogP contribution in [0, 0.1) is 0 Å². The molecule has 88 valence electrons. The van der Waals surface area contributed by atoms with Crippen molar-refractivity contribution in [3.8, 4) is 0 Å². The van der Waals surface area contributed by atoms with Gasteiger partial charge in [-0.25, -0.2) is 4.79 Å². The van der Waals surface area contributed by atoms with Crippen LogP contribution in [0.4, 0.5) is 5.82 Å². The Balaban J connectivity index is 2.59. The van der Waals surface area contributed by atoms with Crippen LogP contribution < -0.4 is 11.1 Å². The molecular weight excluding hydrogens is 212 g/mol. The molecule has 0 bridgehead atoms. The number of nitrogens with zero attached hydrogens (tertiary/aromatic N) is 2. The third-order valence-electron chi connectivity index (χ3n) is 1.90. The molecule has 1 aromatic rings. The lowest BCUT2D eigenvalue weighted by Gasteiger charge is -2.10. The summed E-state index contributed by atoms with van der Waals surface area (Å²) < 4.78 is 6.08. The molecule has 1 rings (SSSR count). The van der Waals surface area contributed by atoms with E-state index in [1.54, 1.807) is 20.0 Å². The van der Waals surface area contributed by atoms with Crippen LogP contribution in [0.5, 0.6) is 0 Å². The standard InChI is InChI=1S/C9H14N4O3/c1-3-16-9(15)7(10)8(14)12-6-4-5-11-13(6)2/h4-5,7H,3,10H2,1-2H3,(H,12,14). The van der Waals surface area contributed by atoms with E-state index in [2.05, 4.69) is 15.2 Å². The van der Waals surface area contributed by atoms with Crippen molar-refractivity contribution in [1.82, 2.24) is 9.78 Å². The Bertz CT molecular complexity index is 388. The zero-order valence-electron chi connectivity index (χ0n) is 9.14. The van der Waals surface area contributed by atoms with E-state index in [4.69, 9.17) is 5.73 Å². The molecule has 16 heavy (non-hydrogen) atoms. The number of aromatic nitrogens is 2. The van der Waals surface area contributed by atoms with E-state index in [1.165, 1.54) is 10.9 Å². The quantitative estimate of drug-likeness (QED) is 0.519. The first-order valence-electron chi connectivity index (χ1n) is 4.77. The molecule has 1 heterocycles. The van der Waals surface area contributed by atoms with Crippen molar-refractivity contribution in [3.05, 3.63) is 12.3 Å². The predicted molar refractivity (Wildman–Crippen MR) is 56.4 cm³/mol. The van der Waals surface area contributed by atoms with Gasteiger partial charge in [-0.15, -0.1) is 0 Å². The number of carbonyl (C=O) groups is 2. The minimum atomic E-state index is -1.32. The van der Waals surface area contributed by atoms with E-state index in [0.717, 1.165) is 0 Å². The number of esters is 1. The molecular formula is C9H14N4O3. The zero-order chi connectivity index (χ0) is 12.1. The number of carbonyl (C=O) groups excluding carboxylic acids is 2. The number of rotatable bonds is 4. The molecule has 0 aromatic carbocycles. The SMILES string of the molecule is CCOC(=O)C(N)C(=O)Nc1ccnn1C. The normalized spacial score (nSPS) is 11.9. The third-order valence-corrected chi connectivity index (χ3v) is 1.90. The van der Waals surface area contributed by atoms with Gasteiger partial charge in [-0.2, -0.15) is 5.10 Å². The number of nitrogens with two attached hydrogens (primary N) is 1. The number of anilines is 1. The average molecular weight is 226 g/mol. The van der Waals surface area contributed by atoms with Crippen LogP contribution in [0.2, 0.25) is 0 Å². The molecule has 1 atom stereocenters. The molecule has 7 nitrogen and oxygen atoms in total. The molecule has 0 fully saturated rings. The van der Waals surface area contributed by atoms with Crippen molar-refractivity contribution in [1.29, 1.82) is 0 Å². The molecule has 1 aromatic heterocycles. The largest absolute Gasteiger partial charge is 0.464 e. The summed E-state index contributed by atoms with van der Waals surface area (Å²) in [5, 5.41) is 6.32. The monoisotopic (exact) mass is 226 g/mol. The molecule has 7 heteroatoms. The second-order valence-electron chi connectivity index (χ2n) is 3.06. The van der Waals surface area contributed by atoms with Crippen LogP contribution in [0.15, 0.2) is 12.3 Å². The molecule has 0 aliphatic heterocycles. The smallest absolute Gasteiger partial charge is 0.332 e. The first kappa shape index (κ1) is 12.2. The lowest BCUT2D eigenvalue weighted by atomic mass is 10.3. The van der Waals surface area contributed by atoms with Crippen molar-refractivity contribution in [3.63, 3.8) is 0 Å². The highest BCUT2D eigenvalue weighted by Gasteiger charge is 2.23. The van der Waals surface area contributed by atoms with Crippen LogP contribution in [-0.4, -0.2) is 34.3 Å². The van der Waals surface area contributed by atoms with E-state index in [0.29, 0.717) is 5.82 Å². The summed E-state index contributed by atoms with van der Waals surface area (Å²) in [6.07, 6.45) is 1.52. The Morgan fingerprint density at radius 2 is 2.38 bits per heavy atom. The molecule has 0 radical (unpaired) electrons. The second-order valence-corrected chi connectivity index (χ2v) is 3.06.